The molecular weight excluding hydrogens is 262 g/mol. The number of nitrogens with zero attached hydrogens (tertiary/aromatic N) is 2. The molecule has 1 amide bonds. The van der Waals surface area contributed by atoms with E-state index in [1.54, 1.807) is 19.1 Å². The second-order valence-electron chi connectivity index (χ2n) is 4.27. The summed E-state index contributed by atoms with van der Waals surface area (Å²) in [5.74, 6) is -0.185. The molecular formula is C14H14ClN3O. The minimum atomic E-state index is -0.185. The third kappa shape index (κ3) is 3.76. The highest BCUT2D eigenvalue weighted by Gasteiger charge is 2.08. The van der Waals surface area contributed by atoms with E-state index in [0.29, 0.717) is 23.0 Å². The summed E-state index contributed by atoms with van der Waals surface area (Å²) >= 11 is 5.83. The molecule has 0 aliphatic heterocycles. The van der Waals surface area contributed by atoms with Crippen molar-refractivity contribution in [3.05, 3.63) is 58.1 Å². The summed E-state index contributed by atoms with van der Waals surface area (Å²) in [6, 6.07) is 8.95. The van der Waals surface area contributed by atoms with Gasteiger partial charge in [0.05, 0.1) is 12.2 Å². The lowest BCUT2D eigenvalue weighted by Crippen LogP contribution is -2.23. The van der Waals surface area contributed by atoms with E-state index in [4.69, 9.17) is 11.6 Å². The first-order valence-corrected chi connectivity index (χ1v) is 6.27. The number of pyridine rings is 2. The fourth-order valence-electron chi connectivity index (χ4n) is 1.73. The quantitative estimate of drug-likeness (QED) is 0.876. The van der Waals surface area contributed by atoms with Crippen LogP contribution < -0.4 is 5.32 Å². The molecule has 0 fully saturated rings. The minimum Gasteiger partial charge on any atom is -0.346 e. The average molecular weight is 276 g/mol. The number of halogens is 1. The van der Waals surface area contributed by atoms with Gasteiger partial charge in [0.25, 0.3) is 5.91 Å². The average Bonchev–Trinajstić information content (AvgIpc) is 2.35. The molecule has 4 nitrogen and oxygen atoms in total. The lowest BCUT2D eigenvalue weighted by molar-refractivity contribution is 0.0950. The Morgan fingerprint density at radius 2 is 2.00 bits per heavy atom. The van der Waals surface area contributed by atoms with Crippen LogP contribution >= 0.6 is 11.6 Å². The van der Waals surface area contributed by atoms with Gasteiger partial charge >= 0.3 is 0 Å². The van der Waals surface area contributed by atoms with E-state index >= 15 is 0 Å². The van der Waals surface area contributed by atoms with Gasteiger partial charge in [-0.3, -0.25) is 9.78 Å². The van der Waals surface area contributed by atoms with Crippen LogP contribution in [-0.2, 0) is 6.54 Å². The summed E-state index contributed by atoms with van der Waals surface area (Å²) in [6.45, 7) is 4.10. The van der Waals surface area contributed by atoms with E-state index in [9.17, 15) is 4.79 Å². The number of carbonyl (C=O) groups excluding carboxylic acids is 1. The Hall–Kier alpha value is -1.94. The van der Waals surface area contributed by atoms with Crippen molar-refractivity contribution in [3.8, 4) is 0 Å². The minimum absolute atomic E-state index is 0.185. The smallest absolute Gasteiger partial charge is 0.251 e. The highest BCUT2D eigenvalue weighted by Crippen LogP contribution is 2.10. The molecule has 0 spiro atoms. The van der Waals surface area contributed by atoms with E-state index in [2.05, 4.69) is 15.3 Å². The predicted molar refractivity (Wildman–Crippen MR) is 74.1 cm³/mol. The number of carbonyl (C=O) groups is 1. The summed E-state index contributed by atoms with van der Waals surface area (Å²) in [7, 11) is 0. The Bertz CT molecular complexity index is 593. The van der Waals surface area contributed by atoms with E-state index in [-0.39, 0.29) is 5.91 Å². The predicted octanol–water partition coefficient (Wildman–Crippen LogP) is 2.68. The highest BCUT2D eigenvalue weighted by molar-refractivity contribution is 6.29. The number of amides is 1. The molecule has 0 aliphatic carbocycles. The standard InChI is InChI=1S/C14H14ClN3O/c1-9-4-3-5-12(17-9)8-16-14(19)11-6-10(2)18-13(15)7-11/h3-7H,8H2,1-2H3,(H,16,19). The first-order chi connectivity index (χ1) is 9.04. The molecule has 2 aromatic rings. The molecule has 0 radical (unpaired) electrons. The molecule has 2 heterocycles. The fourth-order valence-corrected chi connectivity index (χ4v) is 1.98. The summed E-state index contributed by atoms with van der Waals surface area (Å²) in [6.07, 6.45) is 0. The molecule has 0 aromatic carbocycles. The zero-order valence-electron chi connectivity index (χ0n) is 10.8. The van der Waals surface area contributed by atoms with E-state index < -0.39 is 0 Å². The van der Waals surface area contributed by atoms with E-state index in [1.165, 1.54) is 0 Å². The Morgan fingerprint density at radius 1 is 1.21 bits per heavy atom. The second kappa shape index (κ2) is 5.80. The van der Waals surface area contributed by atoms with Gasteiger partial charge in [-0.2, -0.15) is 0 Å². The lowest BCUT2D eigenvalue weighted by Gasteiger charge is -2.06. The van der Waals surface area contributed by atoms with Crippen molar-refractivity contribution in [2.75, 3.05) is 0 Å². The molecule has 98 valence electrons. The zero-order valence-corrected chi connectivity index (χ0v) is 11.5. The number of hydrogen-bond acceptors (Lipinski definition) is 3. The first-order valence-electron chi connectivity index (χ1n) is 5.89. The Labute approximate surface area is 116 Å². The van der Waals surface area contributed by atoms with Gasteiger partial charge in [0, 0.05) is 17.0 Å². The number of aromatic nitrogens is 2. The van der Waals surface area contributed by atoms with Crippen molar-refractivity contribution < 1.29 is 4.79 Å². The molecule has 0 atom stereocenters. The van der Waals surface area contributed by atoms with Crippen LogP contribution in [0, 0.1) is 13.8 Å². The van der Waals surface area contributed by atoms with E-state index in [0.717, 1.165) is 11.4 Å². The summed E-state index contributed by atoms with van der Waals surface area (Å²) in [5, 5.41) is 3.13. The molecule has 0 aliphatic rings. The van der Waals surface area contributed by atoms with Crippen LogP contribution in [0.15, 0.2) is 30.3 Å². The van der Waals surface area contributed by atoms with Crippen molar-refractivity contribution in [1.82, 2.24) is 15.3 Å². The maximum absolute atomic E-state index is 12.0. The Morgan fingerprint density at radius 3 is 2.68 bits per heavy atom. The third-order valence-electron chi connectivity index (χ3n) is 2.56. The van der Waals surface area contributed by atoms with Crippen molar-refractivity contribution in [2.24, 2.45) is 0 Å². The van der Waals surface area contributed by atoms with Crippen LogP contribution in [0.25, 0.3) is 0 Å². The fraction of sp³-hybridized carbons (Fsp3) is 0.214. The highest BCUT2D eigenvalue weighted by atomic mass is 35.5. The Kier molecular flexibility index (Phi) is 4.12. The summed E-state index contributed by atoms with van der Waals surface area (Å²) in [5.41, 5.74) is 2.97. The lowest BCUT2D eigenvalue weighted by atomic mass is 10.2. The second-order valence-corrected chi connectivity index (χ2v) is 4.66. The SMILES string of the molecule is Cc1cc(C(=O)NCc2cccc(C)n2)cc(Cl)n1. The van der Waals surface area contributed by atoms with Gasteiger partial charge in [0.2, 0.25) is 0 Å². The summed E-state index contributed by atoms with van der Waals surface area (Å²) in [4.78, 5) is 20.3. The van der Waals surface area contributed by atoms with Gasteiger partial charge < -0.3 is 5.32 Å². The number of aryl methyl sites for hydroxylation is 2. The largest absolute Gasteiger partial charge is 0.346 e. The van der Waals surface area contributed by atoms with Crippen molar-refractivity contribution in [1.29, 1.82) is 0 Å². The molecule has 2 rings (SSSR count). The van der Waals surface area contributed by atoms with Gasteiger partial charge in [-0.1, -0.05) is 17.7 Å². The normalized spacial score (nSPS) is 10.3. The molecule has 2 aromatic heterocycles. The van der Waals surface area contributed by atoms with Gasteiger partial charge in [-0.05, 0) is 38.1 Å². The molecule has 19 heavy (non-hydrogen) atoms. The molecule has 0 saturated heterocycles. The van der Waals surface area contributed by atoms with Crippen molar-refractivity contribution in [2.45, 2.75) is 20.4 Å². The first kappa shape index (κ1) is 13.5. The number of nitrogens with one attached hydrogen (secondary N) is 1. The van der Waals surface area contributed by atoms with Gasteiger partial charge in [0.15, 0.2) is 0 Å². The molecule has 1 N–H and O–H groups in total. The van der Waals surface area contributed by atoms with Gasteiger partial charge in [-0.15, -0.1) is 0 Å². The summed E-state index contributed by atoms with van der Waals surface area (Å²) < 4.78 is 0. The maximum atomic E-state index is 12.0. The number of rotatable bonds is 3. The van der Waals surface area contributed by atoms with Crippen LogP contribution in [0.3, 0.4) is 0 Å². The van der Waals surface area contributed by atoms with Crippen LogP contribution in [-0.4, -0.2) is 15.9 Å². The molecule has 5 heteroatoms. The zero-order chi connectivity index (χ0) is 13.8. The monoisotopic (exact) mass is 275 g/mol. The van der Waals surface area contributed by atoms with Crippen LogP contribution in [0.5, 0.6) is 0 Å². The van der Waals surface area contributed by atoms with E-state index in [1.807, 2.05) is 25.1 Å². The van der Waals surface area contributed by atoms with Gasteiger partial charge in [-0.25, -0.2) is 4.98 Å². The van der Waals surface area contributed by atoms with Crippen LogP contribution in [0.2, 0.25) is 5.15 Å². The third-order valence-corrected chi connectivity index (χ3v) is 2.75. The van der Waals surface area contributed by atoms with Crippen LogP contribution in [0.4, 0.5) is 0 Å². The van der Waals surface area contributed by atoms with Gasteiger partial charge in [0.1, 0.15) is 5.15 Å². The van der Waals surface area contributed by atoms with Crippen molar-refractivity contribution in [3.63, 3.8) is 0 Å². The topological polar surface area (TPSA) is 54.9 Å². The maximum Gasteiger partial charge on any atom is 0.251 e. The Balaban J connectivity index is 2.05. The van der Waals surface area contributed by atoms with Crippen molar-refractivity contribution >= 4 is 17.5 Å². The number of hydrogen-bond donors (Lipinski definition) is 1. The molecule has 0 unspecified atom stereocenters. The molecule has 0 saturated carbocycles. The molecule has 0 bridgehead atoms. The van der Waals surface area contributed by atoms with Crippen LogP contribution in [0.1, 0.15) is 27.4 Å².